The third kappa shape index (κ3) is 12.2. The van der Waals surface area contributed by atoms with E-state index in [1.807, 2.05) is 66.0 Å². The summed E-state index contributed by atoms with van der Waals surface area (Å²) in [6.07, 6.45) is 3.38. The molecule has 3 unspecified atom stereocenters. The minimum Gasteiger partial charge on any atom is -0.444 e. The lowest BCUT2D eigenvalue weighted by Crippen LogP contribution is -2.57. The van der Waals surface area contributed by atoms with E-state index in [4.69, 9.17) is 4.74 Å². The van der Waals surface area contributed by atoms with Gasteiger partial charge in [0.15, 0.2) is 0 Å². The van der Waals surface area contributed by atoms with E-state index < -0.39 is 29.3 Å². The van der Waals surface area contributed by atoms with E-state index >= 15 is 0 Å². The summed E-state index contributed by atoms with van der Waals surface area (Å²) in [6.45, 7) is 21.5. The molecule has 0 saturated carbocycles. The van der Waals surface area contributed by atoms with Crippen LogP contribution < -0.4 is 10.6 Å². The van der Waals surface area contributed by atoms with Crippen LogP contribution in [0.1, 0.15) is 104 Å². The van der Waals surface area contributed by atoms with E-state index in [1.165, 1.54) is 0 Å². The van der Waals surface area contributed by atoms with Crippen LogP contribution >= 0.6 is 11.8 Å². The Morgan fingerprint density at radius 3 is 2.05 bits per heavy atom. The van der Waals surface area contributed by atoms with Crippen molar-refractivity contribution in [3.8, 4) is 0 Å². The molecule has 0 bridgehead atoms. The molecule has 0 saturated heterocycles. The monoisotopic (exact) mass is 563 g/mol. The van der Waals surface area contributed by atoms with Crippen LogP contribution in [0.15, 0.2) is 18.2 Å². The lowest BCUT2D eigenvalue weighted by molar-refractivity contribution is -0.145. The smallest absolute Gasteiger partial charge is 0.408 e. The normalized spacial score (nSPS) is 14.4. The van der Waals surface area contributed by atoms with Crippen LogP contribution in [0.25, 0.3) is 0 Å². The van der Waals surface area contributed by atoms with Crippen molar-refractivity contribution in [1.82, 2.24) is 15.5 Å². The second-order valence-electron chi connectivity index (χ2n) is 13.0. The van der Waals surface area contributed by atoms with Crippen molar-refractivity contribution in [1.29, 1.82) is 0 Å². The predicted octanol–water partition coefficient (Wildman–Crippen LogP) is 6.56. The molecule has 3 atom stereocenters. The molecule has 0 spiro atoms. The third-order valence-electron chi connectivity index (χ3n) is 6.36. The van der Waals surface area contributed by atoms with E-state index in [0.717, 1.165) is 29.5 Å². The van der Waals surface area contributed by atoms with Crippen LogP contribution in [0.2, 0.25) is 0 Å². The summed E-state index contributed by atoms with van der Waals surface area (Å²) in [5.41, 5.74) is 1.73. The number of carbonyl (C=O) groups excluding carboxylic acids is 3. The SMILES string of the molecule is CSCCC(NC(=O)OC(C)(C)C)C(=O)N(C(C)CCC(C)C)C(C(=O)NC(C)(C)C)c1ccc(C)c(C)c1. The van der Waals surface area contributed by atoms with Gasteiger partial charge >= 0.3 is 6.09 Å². The number of alkyl carbamates (subject to hydrolysis) is 1. The molecule has 1 aromatic carbocycles. The number of carbonyl (C=O) groups is 3. The molecule has 7 nitrogen and oxygen atoms in total. The average molecular weight is 564 g/mol. The van der Waals surface area contributed by atoms with E-state index in [2.05, 4.69) is 24.5 Å². The minimum atomic E-state index is -0.851. The Morgan fingerprint density at radius 2 is 1.56 bits per heavy atom. The Labute approximate surface area is 241 Å². The van der Waals surface area contributed by atoms with Gasteiger partial charge in [-0.15, -0.1) is 0 Å². The molecule has 0 aliphatic rings. The quantitative estimate of drug-likeness (QED) is 0.301. The Morgan fingerprint density at radius 1 is 0.949 bits per heavy atom. The first kappa shape index (κ1) is 34.8. The van der Waals surface area contributed by atoms with Crippen LogP contribution in [0, 0.1) is 19.8 Å². The van der Waals surface area contributed by atoms with Crippen molar-refractivity contribution in [2.45, 2.75) is 125 Å². The zero-order valence-corrected chi connectivity index (χ0v) is 27.2. The molecule has 0 heterocycles. The molecule has 2 N–H and O–H groups in total. The molecule has 0 aromatic heterocycles. The second-order valence-corrected chi connectivity index (χ2v) is 14.0. The highest BCUT2D eigenvalue weighted by Crippen LogP contribution is 2.30. The molecule has 8 heteroatoms. The minimum absolute atomic E-state index is 0.239. The van der Waals surface area contributed by atoms with Gasteiger partial charge in [0.1, 0.15) is 17.7 Å². The van der Waals surface area contributed by atoms with E-state index in [-0.39, 0.29) is 17.9 Å². The number of hydrogen-bond donors (Lipinski definition) is 2. The molecular weight excluding hydrogens is 510 g/mol. The zero-order chi connectivity index (χ0) is 30.1. The number of aryl methyl sites for hydroxylation is 2. The first-order valence-electron chi connectivity index (χ1n) is 14.1. The van der Waals surface area contributed by atoms with Gasteiger partial charge in [0.2, 0.25) is 11.8 Å². The van der Waals surface area contributed by atoms with Gasteiger partial charge in [-0.3, -0.25) is 9.59 Å². The summed E-state index contributed by atoms with van der Waals surface area (Å²) < 4.78 is 5.50. The standard InChI is InChI=1S/C31H53N3O4S/c1-20(2)13-15-23(5)34(28(36)25(17-18-39-12)32-29(37)38-31(9,10)11)26(27(35)33-30(6,7)8)24-16-14-21(3)22(4)19-24/h14,16,19-20,23,25-26H,13,15,17-18H2,1-12H3,(H,32,37)(H,33,35). The van der Waals surface area contributed by atoms with Crippen molar-refractivity contribution < 1.29 is 19.1 Å². The summed E-state index contributed by atoms with van der Waals surface area (Å²) in [7, 11) is 0. The van der Waals surface area contributed by atoms with Crippen LogP contribution in [-0.4, -0.2) is 58.0 Å². The number of amides is 3. The molecule has 0 fully saturated rings. The highest BCUT2D eigenvalue weighted by atomic mass is 32.2. The number of hydrogen-bond acceptors (Lipinski definition) is 5. The Hall–Kier alpha value is -2.22. The van der Waals surface area contributed by atoms with Crippen molar-refractivity contribution in [2.24, 2.45) is 5.92 Å². The molecule has 0 aliphatic carbocycles. The first-order valence-corrected chi connectivity index (χ1v) is 15.5. The maximum atomic E-state index is 14.4. The summed E-state index contributed by atoms with van der Waals surface area (Å²) >= 11 is 1.60. The second kappa shape index (κ2) is 15.0. The van der Waals surface area contributed by atoms with Gasteiger partial charge in [0.25, 0.3) is 0 Å². The molecule has 0 aliphatic heterocycles. The fourth-order valence-electron chi connectivity index (χ4n) is 4.25. The lowest BCUT2D eigenvalue weighted by Gasteiger charge is -2.40. The topological polar surface area (TPSA) is 87.7 Å². The van der Waals surface area contributed by atoms with E-state index in [1.54, 1.807) is 37.4 Å². The van der Waals surface area contributed by atoms with Gasteiger partial charge in [-0.2, -0.15) is 11.8 Å². The summed E-state index contributed by atoms with van der Waals surface area (Å²) in [5.74, 6) is 0.595. The van der Waals surface area contributed by atoms with Gasteiger partial charge in [-0.1, -0.05) is 32.0 Å². The van der Waals surface area contributed by atoms with Gasteiger partial charge in [-0.25, -0.2) is 4.79 Å². The largest absolute Gasteiger partial charge is 0.444 e. The molecule has 222 valence electrons. The number of nitrogens with one attached hydrogen (secondary N) is 2. The average Bonchev–Trinajstić information content (AvgIpc) is 2.77. The van der Waals surface area contributed by atoms with E-state index in [9.17, 15) is 14.4 Å². The number of ether oxygens (including phenoxy) is 1. The summed E-state index contributed by atoms with van der Waals surface area (Å²) in [6, 6.07) is 4.00. The van der Waals surface area contributed by atoms with Crippen LogP contribution in [0.4, 0.5) is 4.79 Å². The van der Waals surface area contributed by atoms with Crippen LogP contribution in [0.5, 0.6) is 0 Å². The Kier molecular flexibility index (Phi) is 13.4. The maximum absolute atomic E-state index is 14.4. The molecule has 1 rings (SSSR count). The number of rotatable bonds is 12. The lowest BCUT2D eigenvalue weighted by atomic mass is 9.94. The molecular formula is C31H53N3O4S. The van der Waals surface area contributed by atoms with Gasteiger partial charge in [0.05, 0.1) is 0 Å². The predicted molar refractivity (Wildman–Crippen MR) is 163 cm³/mol. The summed E-state index contributed by atoms with van der Waals surface area (Å²) in [5, 5.41) is 5.94. The molecule has 1 aromatic rings. The Bertz CT molecular complexity index is 966. The molecule has 39 heavy (non-hydrogen) atoms. The third-order valence-corrected chi connectivity index (χ3v) is 7.01. The zero-order valence-electron chi connectivity index (χ0n) is 26.4. The highest BCUT2D eigenvalue weighted by molar-refractivity contribution is 7.98. The summed E-state index contributed by atoms with van der Waals surface area (Å²) in [4.78, 5) is 42.9. The van der Waals surface area contributed by atoms with Gasteiger partial charge in [0, 0.05) is 11.6 Å². The van der Waals surface area contributed by atoms with Crippen LogP contribution in [-0.2, 0) is 14.3 Å². The van der Waals surface area contributed by atoms with Crippen molar-refractivity contribution >= 4 is 29.7 Å². The van der Waals surface area contributed by atoms with Crippen molar-refractivity contribution in [2.75, 3.05) is 12.0 Å². The molecule has 3 amide bonds. The molecule has 0 radical (unpaired) electrons. The fourth-order valence-corrected chi connectivity index (χ4v) is 4.72. The number of benzene rings is 1. The van der Waals surface area contributed by atoms with Gasteiger partial charge in [-0.05, 0) is 116 Å². The van der Waals surface area contributed by atoms with Crippen molar-refractivity contribution in [3.05, 3.63) is 34.9 Å². The fraction of sp³-hybridized carbons (Fsp3) is 0.710. The van der Waals surface area contributed by atoms with Gasteiger partial charge < -0.3 is 20.3 Å². The number of thioether (sulfide) groups is 1. The maximum Gasteiger partial charge on any atom is 0.408 e. The van der Waals surface area contributed by atoms with E-state index in [0.29, 0.717) is 18.1 Å². The highest BCUT2D eigenvalue weighted by Gasteiger charge is 2.39. The number of nitrogens with zero attached hydrogens (tertiary/aromatic N) is 1. The van der Waals surface area contributed by atoms with Crippen molar-refractivity contribution in [3.63, 3.8) is 0 Å². The first-order chi connectivity index (χ1) is 17.9. The Balaban J connectivity index is 3.69. The van der Waals surface area contributed by atoms with Crippen LogP contribution in [0.3, 0.4) is 0 Å².